The minimum absolute atomic E-state index is 0.0288. The summed E-state index contributed by atoms with van der Waals surface area (Å²) in [6, 6.07) is 7.68. The van der Waals surface area contributed by atoms with Crippen molar-refractivity contribution in [1.82, 2.24) is 14.7 Å². The molecule has 1 spiro atoms. The third-order valence-corrected chi connectivity index (χ3v) is 8.61. The van der Waals surface area contributed by atoms with E-state index >= 15 is 0 Å². The molecular formula is C26H35ClN4O4. The molecule has 2 atom stereocenters. The van der Waals surface area contributed by atoms with Gasteiger partial charge in [-0.3, -0.25) is 19.3 Å². The fourth-order valence-corrected chi connectivity index (χ4v) is 6.21. The second kappa shape index (κ2) is 9.97. The molecule has 0 bridgehead atoms. The lowest BCUT2D eigenvalue weighted by Gasteiger charge is -2.44. The highest BCUT2D eigenvalue weighted by atomic mass is 35.5. The fraction of sp³-hybridized carbons (Fsp3) is 0.654. The number of nitrogens with zero attached hydrogens (tertiary/aromatic N) is 4. The molecule has 4 heterocycles. The number of likely N-dealkylation sites (tertiary alicyclic amines) is 2. The molecule has 4 aliphatic rings. The lowest BCUT2D eigenvalue weighted by atomic mass is 9.75. The molecule has 0 radical (unpaired) electrons. The second-order valence-electron chi connectivity index (χ2n) is 10.5. The largest absolute Gasteiger partial charge is 0.462 e. The maximum Gasteiger partial charge on any atom is 0.312 e. The first kappa shape index (κ1) is 24.4. The van der Waals surface area contributed by atoms with Gasteiger partial charge in [0.05, 0.1) is 5.41 Å². The van der Waals surface area contributed by atoms with Crippen LogP contribution in [0.1, 0.15) is 39.0 Å². The Morgan fingerprint density at radius 1 is 1.09 bits per heavy atom. The maximum absolute atomic E-state index is 12.9. The molecule has 1 aromatic rings. The van der Waals surface area contributed by atoms with Gasteiger partial charge in [-0.2, -0.15) is 0 Å². The van der Waals surface area contributed by atoms with Crippen LogP contribution in [0.25, 0.3) is 0 Å². The van der Waals surface area contributed by atoms with Crippen LogP contribution in [0, 0.1) is 5.41 Å². The minimum Gasteiger partial charge on any atom is -0.462 e. The molecule has 4 fully saturated rings. The van der Waals surface area contributed by atoms with E-state index in [1.165, 1.54) is 12.6 Å². The standard InChI is InChI=1S/C26H35ClN4O4/c1-19(32)31-10-6-23(31)24(33)30-11-7-26(8-12-30)18-22(35-25(26)34)5-9-28-13-15-29(16-14-28)21-4-2-3-20(27)17-21/h2-4,17,22-23H,5-16,18H2,1H3/t22-,23+/m0/s1. The van der Waals surface area contributed by atoms with Crippen LogP contribution in [0.15, 0.2) is 24.3 Å². The number of rotatable bonds is 5. The van der Waals surface area contributed by atoms with Crippen LogP contribution in [0.4, 0.5) is 5.69 Å². The number of benzene rings is 1. The zero-order valence-corrected chi connectivity index (χ0v) is 21.2. The SMILES string of the molecule is CC(=O)N1CC[C@@H]1C(=O)N1CCC2(CC1)C[C@H](CCN1CCN(c3cccc(Cl)c3)CC1)OC2=O. The van der Waals surface area contributed by atoms with E-state index in [4.69, 9.17) is 16.3 Å². The number of amides is 2. The highest BCUT2D eigenvalue weighted by molar-refractivity contribution is 6.30. The molecule has 0 aliphatic carbocycles. The zero-order valence-electron chi connectivity index (χ0n) is 20.5. The van der Waals surface area contributed by atoms with Crippen LogP contribution in [0.2, 0.25) is 5.02 Å². The number of cyclic esters (lactones) is 1. The van der Waals surface area contributed by atoms with Crippen LogP contribution in [0.3, 0.4) is 0 Å². The van der Waals surface area contributed by atoms with Crippen LogP contribution in [-0.2, 0) is 19.1 Å². The Labute approximate surface area is 212 Å². The first-order valence-corrected chi connectivity index (χ1v) is 13.2. The fourth-order valence-electron chi connectivity index (χ4n) is 6.02. The first-order chi connectivity index (χ1) is 16.8. The Kier molecular flexibility index (Phi) is 6.95. The van der Waals surface area contributed by atoms with Crippen LogP contribution in [-0.4, -0.2) is 97.0 Å². The third-order valence-electron chi connectivity index (χ3n) is 8.38. The van der Waals surface area contributed by atoms with E-state index in [2.05, 4.69) is 15.9 Å². The van der Waals surface area contributed by atoms with Gasteiger partial charge in [-0.25, -0.2) is 0 Å². The van der Waals surface area contributed by atoms with Crippen molar-refractivity contribution < 1.29 is 19.1 Å². The first-order valence-electron chi connectivity index (χ1n) is 12.8. The molecule has 190 valence electrons. The Morgan fingerprint density at radius 2 is 1.83 bits per heavy atom. The van der Waals surface area contributed by atoms with Gasteiger partial charge in [0, 0.05) is 76.4 Å². The number of ether oxygens (including phenoxy) is 1. The number of halogens is 1. The monoisotopic (exact) mass is 502 g/mol. The van der Waals surface area contributed by atoms with Crippen LogP contribution < -0.4 is 4.90 Å². The molecule has 4 aliphatic heterocycles. The topological polar surface area (TPSA) is 73.4 Å². The quantitative estimate of drug-likeness (QED) is 0.576. The summed E-state index contributed by atoms with van der Waals surface area (Å²) in [4.78, 5) is 45.6. The number of carbonyl (C=O) groups is 3. The van der Waals surface area contributed by atoms with E-state index in [9.17, 15) is 14.4 Å². The van der Waals surface area contributed by atoms with Crippen molar-refractivity contribution in [2.75, 3.05) is 57.3 Å². The predicted molar refractivity (Wildman–Crippen MR) is 133 cm³/mol. The molecule has 35 heavy (non-hydrogen) atoms. The molecule has 5 rings (SSSR count). The van der Waals surface area contributed by atoms with Crippen LogP contribution >= 0.6 is 11.6 Å². The van der Waals surface area contributed by atoms with Crippen molar-refractivity contribution in [2.24, 2.45) is 5.41 Å². The summed E-state index contributed by atoms with van der Waals surface area (Å²) in [7, 11) is 0. The number of piperazine rings is 1. The normalized spacial score (nSPS) is 26.6. The van der Waals surface area contributed by atoms with Gasteiger partial charge in [0.1, 0.15) is 12.1 Å². The van der Waals surface area contributed by atoms with E-state index in [0.717, 1.165) is 57.0 Å². The van der Waals surface area contributed by atoms with E-state index in [0.29, 0.717) is 32.5 Å². The van der Waals surface area contributed by atoms with Crippen molar-refractivity contribution in [3.8, 4) is 0 Å². The molecular weight excluding hydrogens is 468 g/mol. The van der Waals surface area contributed by atoms with Crippen LogP contribution in [0.5, 0.6) is 0 Å². The third kappa shape index (κ3) is 5.00. The summed E-state index contributed by atoms with van der Waals surface area (Å²) in [5.74, 6) is -0.105. The number of anilines is 1. The van der Waals surface area contributed by atoms with Gasteiger partial charge in [-0.05, 0) is 43.9 Å². The predicted octanol–water partition coefficient (Wildman–Crippen LogP) is 2.40. The summed E-state index contributed by atoms with van der Waals surface area (Å²) in [5, 5.41) is 0.762. The van der Waals surface area contributed by atoms with Gasteiger partial charge < -0.3 is 19.4 Å². The molecule has 0 N–H and O–H groups in total. The molecule has 0 unspecified atom stereocenters. The molecule has 8 nitrogen and oxygen atoms in total. The van der Waals surface area contributed by atoms with Crippen molar-refractivity contribution in [2.45, 2.75) is 51.2 Å². The molecule has 2 amide bonds. The lowest BCUT2D eigenvalue weighted by Crippen LogP contribution is -2.60. The van der Waals surface area contributed by atoms with Gasteiger partial charge in [0.15, 0.2) is 0 Å². The van der Waals surface area contributed by atoms with Gasteiger partial charge >= 0.3 is 5.97 Å². The maximum atomic E-state index is 12.9. The van der Waals surface area contributed by atoms with Crippen molar-refractivity contribution in [3.63, 3.8) is 0 Å². The zero-order chi connectivity index (χ0) is 24.6. The minimum atomic E-state index is -0.452. The summed E-state index contributed by atoms with van der Waals surface area (Å²) in [6.07, 6.45) is 3.59. The Morgan fingerprint density at radius 3 is 2.46 bits per heavy atom. The van der Waals surface area contributed by atoms with E-state index < -0.39 is 5.41 Å². The van der Waals surface area contributed by atoms with Crippen molar-refractivity contribution >= 4 is 35.1 Å². The number of carbonyl (C=O) groups excluding carboxylic acids is 3. The van der Waals surface area contributed by atoms with Gasteiger partial charge in [-0.1, -0.05) is 17.7 Å². The number of piperidine rings is 1. The molecule has 4 saturated heterocycles. The van der Waals surface area contributed by atoms with Gasteiger partial charge in [0.25, 0.3) is 0 Å². The van der Waals surface area contributed by atoms with Crippen molar-refractivity contribution in [3.05, 3.63) is 29.3 Å². The highest BCUT2D eigenvalue weighted by Gasteiger charge is 2.51. The van der Waals surface area contributed by atoms with Gasteiger partial charge in [0.2, 0.25) is 11.8 Å². The molecule has 1 aromatic carbocycles. The number of hydrogen-bond acceptors (Lipinski definition) is 6. The van der Waals surface area contributed by atoms with E-state index in [-0.39, 0.29) is 29.9 Å². The average molecular weight is 503 g/mol. The number of esters is 1. The van der Waals surface area contributed by atoms with Crippen molar-refractivity contribution in [1.29, 1.82) is 0 Å². The Bertz CT molecular complexity index is 972. The Hall–Kier alpha value is -2.32. The second-order valence-corrected chi connectivity index (χ2v) is 10.9. The summed E-state index contributed by atoms with van der Waals surface area (Å²) in [5.41, 5.74) is 0.715. The summed E-state index contributed by atoms with van der Waals surface area (Å²) >= 11 is 6.14. The smallest absolute Gasteiger partial charge is 0.312 e. The highest BCUT2D eigenvalue weighted by Crippen LogP contribution is 2.44. The molecule has 0 aromatic heterocycles. The van der Waals surface area contributed by atoms with E-state index in [1.807, 2.05) is 23.1 Å². The summed E-state index contributed by atoms with van der Waals surface area (Å²) in [6.45, 7) is 8.10. The summed E-state index contributed by atoms with van der Waals surface area (Å²) < 4.78 is 5.83. The number of hydrogen-bond donors (Lipinski definition) is 0. The van der Waals surface area contributed by atoms with Gasteiger partial charge in [-0.15, -0.1) is 0 Å². The molecule has 0 saturated carbocycles. The molecule has 9 heteroatoms. The van der Waals surface area contributed by atoms with E-state index in [1.54, 1.807) is 4.90 Å². The Balaban J connectivity index is 1.06. The lowest BCUT2D eigenvalue weighted by molar-refractivity contribution is -0.156. The average Bonchev–Trinajstić information content (AvgIpc) is 3.12.